The molecule has 7 rings (SSSR count). The lowest BCUT2D eigenvalue weighted by molar-refractivity contribution is -0.136. The molecule has 1 saturated heterocycles. The summed E-state index contributed by atoms with van der Waals surface area (Å²) >= 11 is 0. The Hall–Kier alpha value is -6.22. The van der Waals surface area contributed by atoms with Crippen LogP contribution in [0.3, 0.4) is 0 Å². The van der Waals surface area contributed by atoms with Crippen LogP contribution in [0, 0.1) is 0 Å². The average molecular weight is 677 g/mol. The van der Waals surface area contributed by atoms with E-state index in [0.717, 1.165) is 27.0 Å². The van der Waals surface area contributed by atoms with Crippen molar-refractivity contribution in [2.75, 3.05) is 21.3 Å². The lowest BCUT2D eigenvalue weighted by Crippen LogP contribution is -2.54. The van der Waals surface area contributed by atoms with Gasteiger partial charge < -0.3 is 14.0 Å². The lowest BCUT2D eigenvalue weighted by Gasteiger charge is -2.27. The number of hydrogen-bond acceptors (Lipinski definition) is 11. The minimum Gasteiger partial charge on any atom is -0.496 e. The van der Waals surface area contributed by atoms with Crippen LogP contribution in [0.25, 0.3) is 27.6 Å². The molecule has 50 heavy (non-hydrogen) atoms. The monoisotopic (exact) mass is 676 g/mol. The Bertz CT molecular complexity index is 2270. The normalized spacial score (nSPS) is 15.9. The molecule has 0 saturated carbocycles. The van der Waals surface area contributed by atoms with Crippen molar-refractivity contribution in [2.24, 2.45) is 7.05 Å². The zero-order valence-corrected chi connectivity index (χ0v) is 27.7. The SMILES string of the molecule is COc1cc(-c2cn(C)c(=O)c3cnccc23)cc(OC)c1CN(C)Cc1cn(-c2ccc3c(c2)C(=O)N(C2CCC(=O)NC2=O)C3=O)nn1. The molecule has 0 radical (unpaired) electrons. The molecule has 1 atom stereocenters. The van der Waals surface area contributed by atoms with E-state index in [0.29, 0.717) is 41.4 Å². The van der Waals surface area contributed by atoms with Crippen LogP contribution in [0.15, 0.2) is 66.0 Å². The van der Waals surface area contributed by atoms with Crippen molar-refractivity contribution in [1.29, 1.82) is 0 Å². The van der Waals surface area contributed by atoms with Gasteiger partial charge in [0.15, 0.2) is 0 Å². The molecule has 4 amide bonds. The first-order chi connectivity index (χ1) is 24.1. The molecule has 3 aromatic heterocycles. The third-order valence-corrected chi connectivity index (χ3v) is 8.99. The Balaban J connectivity index is 1.10. The zero-order chi connectivity index (χ0) is 35.3. The van der Waals surface area contributed by atoms with Gasteiger partial charge in [0, 0.05) is 50.7 Å². The van der Waals surface area contributed by atoms with Crippen LogP contribution in [-0.4, -0.2) is 85.3 Å². The van der Waals surface area contributed by atoms with Crippen LogP contribution in [0.4, 0.5) is 0 Å². The molecular weight excluding hydrogens is 644 g/mol. The summed E-state index contributed by atoms with van der Waals surface area (Å²) in [6, 6.07) is 9.34. The first kappa shape index (κ1) is 32.3. The van der Waals surface area contributed by atoms with Gasteiger partial charge in [-0.25, -0.2) is 4.68 Å². The van der Waals surface area contributed by atoms with E-state index in [1.54, 1.807) is 58.2 Å². The van der Waals surface area contributed by atoms with Gasteiger partial charge in [0.25, 0.3) is 17.4 Å². The Labute approximate surface area is 285 Å². The number of methoxy groups -OCH3 is 2. The highest BCUT2D eigenvalue weighted by atomic mass is 16.5. The van der Waals surface area contributed by atoms with E-state index < -0.39 is 29.7 Å². The molecule has 0 bridgehead atoms. The third kappa shape index (κ3) is 5.56. The second-order valence-electron chi connectivity index (χ2n) is 12.2. The average Bonchev–Trinajstić information content (AvgIpc) is 3.67. The van der Waals surface area contributed by atoms with E-state index >= 15 is 0 Å². The molecule has 2 aromatic carbocycles. The number of aromatic nitrogens is 5. The van der Waals surface area contributed by atoms with Crippen molar-refractivity contribution in [2.45, 2.75) is 32.0 Å². The first-order valence-electron chi connectivity index (χ1n) is 15.7. The molecule has 15 heteroatoms. The van der Waals surface area contributed by atoms with Gasteiger partial charge in [0.2, 0.25) is 11.8 Å². The number of fused-ring (bicyclic) bond motifs is 2. The maximum absolute atomic E-state index is 13.3. The number of nitrogens with one attached hydrogen (secondary N) is 1. The summed E-state index contributed by atoms with van der Waals surface area (Å²) in [5.74, 6) is -1.06. The molecule has 254 valence electrons. The van der Waals surface area contributed by atoms with Gasteiger partial charge in [-0.05, 0) is 60.8 Å². The highest BCUT2D eigenvalue weighted by Gasteiger charge is 2.44. The summed E-state index contributed by atoms with van der Waals surface area (Å²) in [5.41, 5.74) is 3.80. The van der Waals surface area contributed by atoms with Gasteiger partial charge in [0.05, 0.1) is 53.9 Å². The van der Waals surface area contributed by atoms with Crippen LogP contribution in [0.5, 0.6) is 11.5 Å². The predicted molar refractivity (Wildman–Crippen MR) is 179 cm³/mol. The van der Waals surface area contributed by atoms with Crippen molar-refractivity contribution in [3.63, 3.8) is 0 Å². The summed E-state index contributed by atoms with van der Waals surface area (Å²) in [4.78, 5) is 70.2. The van der Waals surface area contributed by atoms with E-state index in [4.69, 9.17) is 9.47 Å². The molecule has 5 aromatic rings. The molecule has 0 aliphatic carbocycles. The summed E-state index contributed by atoms with van der Waals surface area (Å²) in [5, 5.41) is 12.0. The smallest absolute Gasteiger partial charge is 0.262 e. The number of amides is 4. The first-order valence-corrected chi connectivity index (χ1v) is 15.7. The van der Waals surface area contributed by atoms with E-state index in [1.807, 2.05) is 30.1 Å². The van der Waals surface area contributed by atoms with Crippen molar-refractivity contribution >= 4 is 34.4 Å². The minimum atomic E-state index is -1.04. The lowest BCUT2D eigenvalue weighted by atomic mass is 9.99. The van der Waals surface area contributed by atoms with E-state index in [1.165, 1.54) is 15.3 Å². The van der Waals surface area contributed by atoms with E-state index in [9.17, 15) is 24.0 Å². The number of nitrogens with zero attached hydrogens (tertiary/aromatic N) is 7. The fourth-order valence-electron chi connectivity index (χ4n) is 6.54. The molecule has 2 aliphatic rings. The quantitative estimate of drug-likeness (QED) is 0.227. The summed E-state index contributed by atoms with van der Waals surface area (Å²) in [6.45, 7) is 0.835. The fraction of sp³-hybridized carbons (Fsp3) is 0.257. The molecule has 2 aliphatic heterocycles. The third-order valence-electron chi connectivity index (χ3n) is 8.99. The summed E-state index contributed by atoms with van der Waals surface area (Å²) < 4.78 is 14.7. The van der Waals surface area contributed by atoms with Crippen LogP contribution >= 0.6 is 0 Å². The van der Waals surface area contributed by atoms with E-state index in [-0.39, 0.29) is 29.5 Å². The van der Waals surface area contributed by atoms with Crippen LogP contribution in [-0.2, 0) is 29.7 Å². The predicted octanol–water partition coefficient (Wildman–Crippen LogP) is 2.23. The van der Waals surface area contributed by atoms with Crippen molar-refractivity contribution < 1.29 is 28.7 Å². The molecule has 1 unspecified atom stereocenters. The number of ether oxygens (including phenoxy) is 2. The van der Waals surface area contributed by atoms with Crippen LogP contribution in [0.2, 0.25) is 0 Å². The van der Waals surface area contributed by atoms with Crippen molar-refractivity contribution in [1.82, 2.24) is 39.7 Å². The van der Waals surface area contributed by atoms with Gasteiger partial charge in [-0.15, -0.1) is 5.10 Å². The Morgan fingerprint density at radius 2 is 1.64 bits per heavy atom. The maximum atomic E-state index is 13.3. The van der Waals surface area contributed by atoms with Gasteiger partial charge in [-0.2, -0.15) is 0 Å². The molecular formula is C35H32N8O7. The largest absolute Gasteiger partial charge is 0.496 e. The number of rotatable bonds is 9. The second kappa shape index (κ2) is 12.7. The molecule has 0 spiro atoms. The van der Waals surface area contributed by atoms with Gasteiger partial charge in [-0.1, -0.05) is 5.21 Å². The van der Waals surface area contributed by atoms with E-state index in [2.05, 4.69) is 20.6 Å². The number of piperidine rings is 1. The Morgan fingerprint density at radius 1 is 0.900 bits per heavy atom. The highest BCUT2D eigenvalue weighted by molar-refractivity contribution is 6.23. The van der Waals surface area contributed by atoms with Crippen molar-refractivity contribution in [3.05, 3.63) is 93.9 Å². The zero-order valence-electron chi connectivity index (χ0n) is 27.7. The second-order valence-corrected chi connectivity index (χ2v) is 12.2. The molecule has 15 nitrogen and oxygen atoms in total. The number of imide groups is 2. The number of pyridine rings is 2. The molecule has 1 fully saturated rings. The van der Waals surface area contributed by atoms with Crippen LogP contribution < -0.4 is 20.3 Å². The highest BCUT2D eigenvalue weighted by Crippen LogP contribution is 2.38. The number of aryl methyl sites for hydroxylation is 1. The number of carbonyl (C=O) groups excluding carboxylic acids is 4. The van der Waals surface area contributed by atoms with Crippen LogP contribution in [0.1, 0.15) is 44.8 Å². The number of benzene rings is 2. The number of carbonyl (C=O) groups is 4. The molecule has 5 heterocycles. The number of hydrogen-bond donors (Lipinski definition) is 1. The van der Waals surface area contributed by atoms with Gasteiger partial charge in [0.1, 0.15) is 17.5 Å². The Kier molecular flexibility index (Phi) is 8.19. The Morgan fingerprint density at radius 3 is 2.36 bits per heavy atom. The van der Waals surface area contributed by atoms with Gasteiger partial charge >= 0.3 is 0 Å². The maximum Gasteiger partial charge on any atom is 0.262 e. The standard InChI is InChI=1S/C35H32N8O7/c1-40(17-27-29(49-3)11-19(12-30(27)50-4)26-18-41(2)33(46)25-14-36-10-9-22(25)26)15-20-16-42(39-38-20)21-5-6-23-24(13-21)35(48)43(34(23)47)28-7-8-31(44)37-32(28)45/h5-6,9-14,16,18,28H,7-8,15,17H2,1-4H3,(H,37,44,45). The minimum absolute atomic E-state index is 0.0441. The van der Waals surface area contributed by atoms with Crippen molar-refractivity contribution in [3.8, 4) is 28.3 Å². The fourth-order valence-corrected chi connectivity index (χ4v) is 6.54. The van der Waals surface area contributed by atoms with Gasteiger partial charge in [-0.3, -0.25) is 44.1 Å². The summed E-state index contributed by atoms with van der Waals surface area (Å²) in [7, 11) is 6.81. The topological polar surface area (TPSA) is 171 Å². The molecule has 1 N–H and O–H groups in total. The summed E-state index contributed by atoms with van der Waals surface area (Å²) in [6.07, 6.45) is 6.86.